The number of nitrogens with zero attached hydrogens (tertiary/aromatic N) is 2. The lowest BCUT2D eigenvalue weighted by molar-refractivity contribution is 0.610. The first-order chi connectivity index (χ1) is 12.1. The van der Waals surface area contributed by atoms with Crippen LogP contribution in [0.4, 0.5) is 21.8 Å². The first-order valence-electron chi connectivity index (χ1n) is 8.27. The van der Waals surface area contributed by atoms with Crippen LogP contribution in [0.5, 0.6) is 0 Å². The van der Waals surface area contributed by atoms with E-state index in [4.69, 9.17) is 0 Å². The van der Waals surface area contributed by atoms with Gasteiger partial charge in [0.2, 0.25) is 5.95 Å². The molecule has 0 saturated heterocycles. The summed E-state index contributed by atoms with van der Waals surface area (Å²) in [5.41, 5.74) is 3.99. The molecule has 0 bridgehead atoms. The number of anilines is 3. The van der Waals surface area contributed by atoms with Crippen molar-refractivity contribution in [2.45, 2.75) is 20.3 Å². The van der Waals surface area contributed by atoms with Gasteiger partial charge in [-0.05, 0) is 49.1 Å². The molecular weight excluding hydrogens is 315 g/mol. The molecule has 3 aromatic rings. The summed E-state index contributed by atoms with van der Waals surface area (Å²) in [7, 11) is 0. The molecular formula is C20H21FN4. The zero-order chi connectivity index (χ0) is 17.6. The lowest BCUT2D eigenvalue weighted by Gasteiger charge is -2.12. The summed E-state index contributed by atoms with van der Waals surface area (Å²) in [6.07, 6.45) is 2.30. The van der Waals surface area contributed by atoms with Crippen LogP contribution in [0.1, 0.15) is 16.7 Å². The molecule has 0 atom stereocenters. The van der Waals surface area contributed by atoms with E-state index in [0.717, 1.165) is 16.8 Å². The van der Waals surface area contributed by atoms with Crippen LogP contribution < -0.4 is 10.6 Å². The first kappa shape index (κ1) is 16.9. The number of aromatic nitrogens is 2. The van der Waals surface area contributed by atoms with E-state index in [1.807, 2.05) is 38.1 Å². The largest absolute Gasteiger partial charge is 0.370 e. The minimum Gasteiger partial charge on any atom is -0.370 e. The average Bonchev–Trinajstić information content (AvgIpc) is 2.60. The molecule has 0 aliphatic heterocycles. The van der Waals surface area contributed by atoms with E-state index < -0.39 is 0 Å². The Hall–Kier alpha value is -2.95. The smallest absolute Gasteiger partial charge is 0.229 e. The Morgan fingerprint density at radius 1 is 0.960 bits per heavy atom. The molecule has 2 aromatic carbocycles. The molecule has 0 fully saturated rings. The van der Waals surface area contributed by atoms with Gasteiger partial charge in [0.15, 0.2) is 0 Å². The number of rotatable bonds is 6. The average molecular weight is 336 g/mol. The van der Waals surface area contributed by atoms with E-state index >= 15 is 0 Å². The molecule has 0 unspecified atom stereocenters. The van der Waals surface area contributed by atoms with Crippen molar-refractivity contribution >= 4 is 17.5 Å². The third-order valence-corrected chi connectivity index (χ3v) is 4.03. The Morgan fingerprint density at radius 2 is 1.72 bits per heavy atom. The van der Waals surface area contributed by atoms with Gasteiger partial charge >= 0.3 is 0 Å². The van der Waals surface area contributed by atoms with Gasteiger partial charge in [0.05, 0.1) is 0 Å². The lowest BCUT2D eigenvalue weighted by Crippen LogP contribution is -2.09. The van der Waals surface area contributed by atoms with Crippen molar-refractivity contribution in [2.75, 3.05) is 17.2 Å². The number of benzene rings is 2. The Morgan fingerprint density at radius 3 is 2.48 bits per heavy atom. The fraction of sp³-hybridized carbons (Fsp3) is 0.200. The van der Waals surface area contributed by atoms with Crippen molar-refractivity contribution in [2.24, 2.45) is 0 Å². The molecule has 25 heavy (non-hydrogen) atoms. The van der Waals surface area contributed by atoms with Gasteiger partial charge in [-0.3, -0.25) is 0 Å². The number of nitrogens with one attached hydrogen (secondary N) is 2. The summed E-state index contributed by atoms with van der Waals surface area (Å²) >= 11 is 0. The molecule has 128 valence electrons. The standard InChI is InChI=1S/C20H21FN4/c1-14-6-5-7-15(2)19(14)25-20-23-13-11-18(24-20)22-12-10-16-8-3-4-9-17(16)21/h3-9,11,13H,10,12H2,1-2H3,(H2,22,23,24,25). The minimum absolute atomic E-state index is 0.177. The van der Waals surface area contributed by atoms with Crippen LogP contribution in [0.3, 0.4) is 0 Å². The van der Waals surface area contributed by atoms with Crippen LogP contribution in [0.25, 0.3) is 0 Å². The normalized spacial score (nSPS) is 10.5. The molecule has 0 saturated carbocycles. The van der Waals surface area contributed by atoms with E-state index in [1.54, 1.807) is 24.4 Å². The van der Waals surface area contributed by atoms with Crippen molar-refractivity contribution in [3.8, 4) is 0 Å². The van der Waals surface area contributed by atoms with Gasteiger partial charge in [0.25, 0.3) is 0 Å². The fourth-order valence-electron chi connectivity index (χ4n) is 2.67. The summed E-state index contributed by atoms with van der Waals surface area (Å²) in [6.45, 7) is 4.69. The summed E-state index contributed by atoms with van der Waals surface area (Å²) in [4.78, 5) is 8.75. The monoisotopic (exact) mass is 336 g/mol. The third-order valence-electron chi connectivity index (χ3n) is 4.03. The lowest BCUT2D eigenvalue weighted by atomic mass is 10.1. The highest BCUT2D eigenvalue weighted by atomic mass is 19.1. The Kier molecular flexibility index (Phi) is 5.23. The Balaban J connectivity index is 1.65. The quantitative estimate of drug-likeness (QED) is 0.689. The summed E-state index contributed by atoms with van der Waals surface area (Å²) in [6, 6.07) is 14.7. The van der Waals surface area contributed by atoms with Crippen LogP contribution in [0.2, 0.25) is 0 Å². The molecule has 4 nitrogen and oxygen atoms in total. The predicted molar refractivity (Wildman–Crippen MR) is 99.8 cm³/mol. The molecule has 1 aromatic heterocycles. The molecule has 2 N–H and O–H groups in total. The SMILES string of the molecule is Cc1cccc(C)c1Nc1nccc(NCCc2ccccc2F)n1. The van der Waals surface area contributed by atoms with Crippen molar-refractivity contribution in [1.29, 1.82) is 0 Å². The highest BCUT2D eigenvalue weighted by Gasteiger charge is 2.06. The zero-order valence-corrected chi connectivity index (χ0v) is 14.4. The highest BCUT2D eigenvalue weighted by molar-refractivity contribution is 5.63. The maximum atomic E-state index is 13.6. The molecule has 1 heterocycles. The van der Waals surface area contributed by atoms with E-state index in [0.29, 0.717) is 30.3 Å². The van der Waals surface area contributed by atoms with Crippen LogP contribution in [0.15, 0.2) is 54.7 Å². The zero-order valence-electron chi connectivity index (χ0n) is 14.4. The fourth-order valence-corrected chi connectivity index (χ4v) is 2.67. The van der Waals surface area contributed by atoms with E-state index in [2.05, 4.69) is 20.6 Å². The summed E-state index contributed by atoms with van der Waals surface area (Å²) in [5, 5.41) is 6.49. The van der Waals surface area contributed by atoms with Crippen molar-refractivity contribution < 1.29 is 4.39 Å². The van der Waals surface area contributed by atoms with E-state index in [9.17, 15) is 4.39 Å². The van der Waals surface area contributed by atoms with Crippen LogP contribution >= 0.6 is 0 Å². The van der Waals surface area contributed by atoms with Gasteiger partial charge < -0.3 is 10.6 Å². The summed E-state index contributed by atoms with van der Waals surface area (Å²) in [5.74, 6) is 1.07. The van der Waals surface area contributed by atoms with Crippen molar-refractivity contribution in [1.82, 2.24) is 9.97 Å². The second-order valence-electron chi connectivity index (χ2n) is 5.93. The molecule has 0 aliphatic rings. The van der Waals surface area contributed by atoms with Gasteiger partial charge in [-0.1, -0.05) is 36.4 Å². The number of aryl methyl sites for hydroxylation is 2. The molecule has 3 rings (SSSR count). The predicted octanol–water partition coefficient (Wildman–Crippen LogP) is 4.63. The number of para-hydroxylation sites is 1. The van der Waals surface area contributed by atoms with Gasteiger partial charge in [0.1, 0.15) is 11.6 Å². The van der Waals surface area contributed by atoms with E-state index in [1.165, 1.54) is 6.07 Å². The molecule has 0 aliphatic carbocycles. The van der Waals surface area contributed by atoms with Crippen LogP contribution in [-0.2, 0) is 6.42 Å². The highest BCUT2D eigenvalue weighted by Crippen LogP contribution is 2.22. The topological polar surface area (TPSA) is 49.8 Å². The van der Waals surface area contributed by atoms with Gasteiger partial charge in [-0.15, -0.1) is 0 Å². The molecule has 0 amide bonds. The second kappa shape index (κ2) is 7.75. The van der Waals surface area contributed by atoms with E-state index in [-0.39, 0.29) is 5.82 Å². The van der Waals surface area contributed by atoms with Crippen molar-refractivity contribution in [3.05, 3.63) is 77.2 Å². The number of hydrogen-bond acceptors (Lipinski definition) is 4. The van der Waals surface area contributed by atoms with Gasteiger partial charge in [0, 0.05) is 18.4 Å². The Labute approximate surface area is 147 Å². The maximum absolute atomic E-state index is 13.6. The second-order valence-corrected chi connectivity index (χ2v) is 5.93. The summed E-state index contributed by atoms with van der Waals surface area (Å²) < 4.78 is 13.6. The maximum Gasteiger partial charge on any atom is 0.229 e. The van der Waals surface area contributed by atoms with Gasteiger partial charge in [-0.25, -0.2) is 9.37 Å². The number of hydrogen-bond donors (Lipinski definition) is 2. The molecule has 0 radical (unpaired) electrons. The molecule has 5 heteroatoms. The third kappa shape index (κ3) is 4.32. The number of halogens is 1. The van der Waals surface area contributed by atoms with Crippen molar-refractivity contribution in [3.63, 3.8) is 0 Å². The Bertz CT molecular complexity index is 844. The molecule has 0 spiro atoms. The first-order valence-corrected chi connectivity index (χ1v) is 8.27. The van der Waals surface area contributed by atoms with Crippen LogP contribution in [0, 0.1) is 19.7 Å². The van der Waals surface area contributed by atoms with Gasteiger partial charge in [-0.2, -0.15) is 4.98 Å². The minimum atomic E-state index is -0.177. The van der Waals surface area contributed by atoms with Crippen LogP contribution in [-0.4, -0.2) is 16.5 Å².